The van der Waals surface area contributed by atoms with E-state index in [1.807, 2.05) is 155 Å². The third-order valence-corrected chi connectivity index (χ3v) is 16.2. The molecular weight excluding hydrogens is 1080 g/mol. The minimum Gasteiger partial charge on any atom is -0.370 e. The fraction of sp³-hybridized carbons (Fsp3) is 0.704. The van der Waals surface area contributed by atoms with Gasteiger partial charge >= 0.3 is 0 Å². The van der Waals surface area contributed by atoms with Crippen LogP contribution in [-0.2, 0) is 50.8 Å². The van der Waals surface area contributed by atoms with Gasteiger partial charge in [0.2, 0.25) is 0 Å². The fourth-order valence-corrected chi connectivity index (χ4v) is 8.99. The van der Waals surface area contributed by atoms with E-state index in [1.165, 1.54) is 80.0 Å². The quantitative estimate of drug-likeness (QED) is 0.154. The third-order valence-electron chi connectivity index (χ3n) is 16.2. The summed E-state index contributed by atoms with van der Waals surface area (Å²) in [6.45, 7) is 59.7. The Morgan fingerprint density at radius 3 is 0.864 bits per heavy atom. The lowest BCUT2D eigenvalue weighted by Crippen LogP contribution is -2.14. The van der Waals surface area contributed by atoms with Gasteiger partial charge in [-0.15, -0.1) is 0 Å². The van der Waals surface area contributed by atoms with Gasteiger partial charge in [-0.05, 0) is 133 Å². The number of hydrogen-bond acceptors (Lipinski definition) is 7. The molecule has 7 saturated heterocycles. The summed E-state index contributed by atoms with van der Waals surface area (Å²) in [5.74, 6) is 0. The molecule has 0 bridgehead atoms. The Labute approximate surface area is 547 Å². The van der Waals surface area contributed by atoms with Crippen LogP contribution in [0.15, 0.2) is 121 Å². The SMILES string of the molecule is C1CCC2(C1)CC2.C1CCC2(CC1)CO2.CC.CC.CC.CC.CC.CC.CC.CC.CC.CC1(C)CO1.CC1(CCc2ccccc2)CO1.CC1(c2ccccc2)CO1.CCC1(C)CO1.CCC1(CC)CO1.c1ccc(C2(c3ccccc3)CO2)cc1. The lowest BCUT2D eigenvalue weighted by atomic mass is 9.90. The van der Waals surface area contributed by atoms with Gasteiger partial charge in [-0.25, -0.2) is 0 Å². The summed E-state index contributed by atoms with van der Waals surface area (Å²) < 4.78 is 36.7. The van der Waals surface area contributed by atoms with Crippen LogP contribution in [0.25, 0.3) is 0 Å². The Balaban J connectivity index is -0.000000919. The molecular formula is C81H144O7. The largest absolute Gasteiger partial charge is 0.370 e. The zero-order valence-electron chi connectivity index (χ0n) is 62.7. The van der Waals surface area contributed by atoms with E-state index in [0.29, 0.717) is 16.8 Å². The molecule has 4 aromatic rings. The van der Waals surface area contributed by atoms with Gasteiger partial charge in [0.25, 0.3) is 0 Å². The average molecular weight is 1230 g/mol. The van der Waals surface area contributed by atoms with Crippen molar-refractivity contribution in [2.75, 3.05) is 46.2 Å². The number of benzene rings is 4. The lowest BCUT2D eigenvalue weighted by molar-refractivity contribution is 0.237. The van der Waals surface area contributed by atoms with Crippen LogP contribution in [0.3, 0.4) is 0 Å². The topological polar surface area (TPSA) is 87.7 Å². The molecule has 14 rings (SSSR count). The second-order valence-corrected chi connectivity index (χ2v) is 23.0. The molecule has 7 aliphatic heterocycles. The van der Waals surface area contributed by atoms with Crippen LogP contribution in [-0.4, -0.2) is 74.3 Å². The molecule has 510 valence electrons. The average Bonchev–Trinajstić information content (AvgIpc) is 3.05. The molecule has 3 atom stereocenters. The second-order valence-electron chi connectivity index (χ2n) is 23.0. The monoisotopic (exact) mass is 1230 g/mol. The lowest BCUT2D eigenvalue weighted by Gasteiger charge is -2.16. The van der Waals surface area contributed by atoms with Crippen molar-refractivity contribution in [3.05, 3.63) is 144 Å². The Morgan fingerprint density at radius 2 is 0.648 bits per heavy atom. The van der Waals surface area contributed by atoms with Gasteiger partial charge in [-0.2, -0.15) is 0 Å². The van der Waals surface area contributed by atoms with E-state index in [-0.39, 0.29) is 22.4 Å². The van der Waals surface area contributed by atoms with E-state index < -0.39 is 0 Å². The predicted molar refractivity (Wildman–Crippen MR) is 386 cm³/mol. The molecule has 0 amide bonds. The van der Waals surface area contributed by atoms with Crippen molar-refractivity contribution in [2.45, 2.75) is 322 Å². The van der Waals surface area contributed by atoms with Gasteiger partial charge in [0.15, 0.2) is 0 Å². The van der Waals surface area contributed by atoms with E-state index >= 15 is 0 Å². The molecule has 7 heterocycles. The van der Waals surface area contributed by atoms with Crippen molar-refractivity contribution in [1.29, 1.82) is 0 Å². The Morgan fingerprint density at radius 1 is 0.318 bits per heavy atom. The molecule has 0 N–H and O–H groups in total. The number of aryl methyl sites for hydroxylation is 1. The first kappa shape index (κ1) is 88.8. The van der Waals surface area contributed by atoms with Gasteiger partial charge in [0.05, 0.1) is 74.3 Å². The molecule has 3 saturated carbocycles. The Hall–Kier alpha value is -3.40. The first-order valence-electron chi connectivity index (χ1n) is 36.3. The third kappa shape index (κ3) is 37.8. The smallest absolute Gasteiger partial charge is 0.142 e. The summed E-state index contributed by atoms with van der Waals surface area (Å²) in [6, 6.07) is 41.7. The molecule has 0 aromatic heterocycles. The zero-order valence-corrected chi connectivity index (χ0v) is 62.7. The van der Waals surface area contributed by atoms with Gasteiger partial charge in [0, 0.05) is 0 Å². The first-order valence-corrected chi connectivity index (χ1v) is 36.3. The highest BCUT2D eigenvalue weighted by molar-refractivity contribution is 5.40. The molecule has 10 aliphatic rings. The predicted octanol–water partition coefficient (Wildman–Crippen LogP) is 24.2. The maximum Gasteiger partial charge on any atom is 0.142 e. The minimum atomic E-state index is -0.164. The summed E-state index contributed by atoms with van der Waals surface area (Å²) in [4.78, 5) is 0. The molecule has 3 unspecified atom stereocenters. The van der Waals surface area contributed by atoms with Crippen LogP contribution in [0, 0.1) is 5.41 Å². The summed E-state index contributed by atoms with van der Waals surface area (Å²) in [5.41, 5.74) is 7.52. The van der Waals surface area contributed by atoms with Crippen LogP contribution in [0.1, 0.15) is 299 Å². The number of rotatable bonds is 9. The van der Waals surface area contributed by atoms with Crippen molar-refractivity contribution >= 4 is 0 Å². The van der Waals surface area contributed by atoms with Gasteiger partial charge in [-0.3, -0.25) is 0 Å². The van der Waals surface area contributed by atoms with Crippen molar-refractivity contribution in [2.24, 2.45) is 5.41 Å². The molecule has 3 aliphatic carbocycles. The number of ether oxygens (including phenoxy) is 7. The van der Waals surface area contributed by atoms with E-state index in [9.17, 15) is 0 Å². The van der Waals surface area contributed by atoms with Crippen molar-refractivity contribution in [3.63, 3.8) is 0 Å². The minimum absolute atomic E-state index is 0.0429. The fourth-order valence-electron chi connectivity index (χ4n) is 8.99. The summed E-state index contributed by atoms with van der Waals surface area (Å²) in [7, 11) is 0. The highest BCUT2D eigenvalue weighted by atomic mass is 16.6. The normalized spacial score (nSPS) is 23.0. The van der Waals surface area contributed by atoms with Crippen molar-refractivity contribution in [1.82, 2.24) is 0 Å². The maximum absolute atomic E-state index is 5.67. The molecule has 2 spiro atoms. The molecule has 7 heteroatoms. The molecule has 10 fully saturated rings. The van der Waals surface area contributed by atoms with Gasteiger partial charge < -0.3 is 33.2 Å². The highest BCUT2D eigenvalue weighted by Crippen LogP contribution is 2.57. The van der Waals surface area contributed by atoms with Crippen LogP contribution in [0.4, 0.5) is 0 Å². The summed E-state index contributed by atoms with van der Waals surface area (Å²) >= 11 is 0. The number of epoxide rings is 7. The van der Waals surface area contributed by atoms with E-state index in [1.54, 1.807) is 25.7 Å². The summed E-state index contributed by atoms with van der Waals surface area (Å²) in [5, 5.41) is 0. The van der Waals surface area contributed by atoms with Crippen LogP contribution in [0.5, 0.6) is 0 Å². The number of hydrogen-bond donors (Lipinski definition) is 0. The summed E-state index contributed by atoms with van der Waals surface area (Å²) in [6.07, 6.45) is 22.0. The molecule has 88 heavy (non-hydrogen) atoms. The van der Waals surface area contributed by atoms with Crippen molar-refractivity contribution in [3.8, 4) is 0 Å². The van der Waals surface area contributed by atoms with Gasteiger partial charge in [0.1, 0.15) is 11.2 Å². The second kappa shape index (κ2) is 50.2. The Bertz CT molecular complexity index is 2020. The molecule has 7 nitrogen and oxygen atoms in total. The van der Waals surface area contributed by atoms with Crippen LogP contribution < -0.4 is 0 Å². The first-order chi connectivity index (χ1) is 42.6. The van der Waals surface area contributed by atoms with Gasteiger partial charge in [-0.1, -0.05) is 299 Å². The van der Waals surface area contributed by atoms with E-state index in [2.05, 4.69) is 146 Å². The van der Waals surface area contributed by atoms with Crippen molar-refractivity contribution < 1.29 is 33.2 Å². The molecule has 0 radical (unpaired) electrons. The highest BCUT2D eigenvalue weighted by Gasteiger charge is 2.48. The van der Waals surface area contributed by atoms with Crippen LogP contribution in [0.2, 0.25) is 0 Å². The van der Waals surface area contributed by atoms with E-state index in [4.69, 9.17) is 33.2 Å². The molecule has 4 aromatic carbocycles. The van der Waals surface area contributed by atoms with E-state index in [0.717, 1.165) is 70.9 Å². The Kier molecular flexibility index (Phi) is 50.6. The van der Waals surface area contributed by atoms with Crippen LogP contribution >= 0.6 is 0 Å². The zero-order chi connectivity index (χ0) is 67.7. The maximum atomic E-state index is 5.67. The standard InChI is InChI=1S/C14H12O.C11H14O.C9H10O.C7H12O.C7H12.C6H12O.C5H10O.C4H8O.9C2H6/c1-3-7-12(8-4-1)14(11-15-14)13-9-5-2-6-10-13;1-11(9-12-11)8-7-10-5-3-2-4-6-10;1-9(7-10-9)8-5-3-2-4-6-8;1-2-4-7(5-3-1)6-8-7;1-2-4-7(3-1)5-6-7;1-3-6(4-2)5-7-6;1-3-5(2)4-6-5;1-4(2)3-5-4;9*1-2/h1-10H,11H2;2-6H,7-9H2,1H3;2-6H,7H2,1H3;1-6H2;1-6H2;3-5H2,1-2H3;3-4H2,1-2H3;3H2,1-2H3;9*1-2H3.